The Balaban J connectivity index is 1.34. The number of carbonyl (C=O) groups excluding carboxylic acids is 1. The van der Waals surface area contributed by atoms with Crippen LogP contribution in [-0.2, 0) is 4.79 Å². The minimum absolute atomic E-state index is 0.164. The van der Waals surface area contributed by atoms with Gasteiger partial charge in [-0.3, -0.25) is 14.3 Å². The van der Waals surface area contributed by atoms with Crippen molar-refractivity contribution in [3.05, 3.63) is 81.5 Å². The van der Waals surface area contributed by atoms with Gasteiger partial charge in [-0.25, -0.2) is 9.36 Å². The summed E-state index contributed by atoms with van der Waals surface area (Å²) < 4.78 is 8.42. The fourth-order valence-electron chi connectivity index (χ4n) is 5.14. The van der Waals surface area contributed by atoms with E-state index in [4.69, 9.17) is 16.3 Å². The smallest absolute Gasteiger partial charge is 0.336 e. The highest BCUT2D eigenvalue weighted by Crippen LogP contribution is 2.48. The number of hydrogen-bond donors (Lipinski definition) is 1. The van der Waals surface area contributed by atoms with Crippen molar-refractivity contribution in [2.75, 3.05) is 13.2 Å². The highest BCUT2D eigenvalue weighted by atomic mass is 35.5. The molecule has 4 heterocycles. The number of carbonyl (C=O) groups is 1. The van der Waals surface area contributed by atoms with E-state index in [2.05, 4.69) is 11.1 Å². The zero-order valence-corrected chi connectivity index (χ0v) is 19.0. The average Bonchev–Trinajstić information content (AvgIpc) is 3.54. The molecule has 2 bridgehead atoms. The first kappa shape index (κ1) is 21.3. The largest absolute Gasteiger partial charge is 0.493 e. The van der Waals surface area contributed by atoms with Crippen LogP contribution in [0.1, 0.15) is 29.8 Å². The minimum atomic E-state index is -0.432. The summed E-state index contributed by atoms with van der Waals surface area (Å²) in [6, 6.07) is 14.8. The number of nitrogens with zero attached hydrogens (tertiary/aromatic N) is 5. The van der Waals surface area contributed by atoms with Gasteiger partial charge in [-0.2, -0.15) is 5.26 Å². The molecule has 2 aromatic heterocycles. The van der Waals surface area contributed by atoms with E-state index < -0.39 is 6.04 Å². The molecule has 9 nitrogen and oxygen atoms in total. The van der Waals surface area contributed by atoms with Gasteiger partial charge in [0.25, 0.3) is 5.91 Å². The summed E-state index contributed by atoms with van der Waals surface area (Å²) >= 11 is 5.89. The number of hydrogen-bond acceptors (Lipinski definition) is 6. The molecular weight excluding hydrogens is 470 g/mol. The lowest BCUT2D eigenvalue weighted by molar-refractivity contribution is -0.134. The predicted molar refractivity (Wildman–Crippen MR) is 127 cm³/mol. The first-order chi connectivity index (χ1) is 17.0. The van der Waals surface area contributed by atoms with Gasteiger partial charge in [-0.1, -0.05) is 11.6 Å². The molecule has 0 saturated carbocycles. The Kier molecular flexibility index (Phi) is 4.79. The van der Waals surface area contributed by atoms with Crippen LogP contribution < -0.4 is 10.4 Å². The Morgan fingerprint density at radius 3 is 2.80 bits per heavy atom. The average molecular weight is 488 g/mol. The van der Waals surface area contributed by atoms with Crippen molar-refractivity contribution in [3.8, 4) is 23.4 Å². The predicted octanol–water partition coefficient (Wildman–Crippen LogP) is 3.32. The Hall–Kier alpha value is -4.29. The van der Waals surface area contributed by atoms with E-state index in [0.717, 1.165) is 0 Å². The molecule has 2 aliphatic rings. The summed E-state index contributed by atoms with van der Waals surface area (Å²) in [6.45, 7) is 0.196. The number of likely N-dealkylation sites (tertiary alicyclic amines) is 1. The first-order valence-electron chi connectivity index (χ1n) is 11.0. The zero-order chi connectivity index (χ0) is 24.3. The molecule has 2 aliphatic heterocycles. The minimum Gasteiger partial charge on any atom is -0.493 e. The van der Waals surface area contributed by atoms with Gasteiger partial charge in [0, 0.05) is 23.2 Å². The summed E-state index contributed by atoms with van der Waals surface area (Å²) in [5, 5.41) is 21.8. The van der Waals surface area contributed by atoms with Crippen molar-refractivity contribution >= 4 is 28.4 Å². The summed E-state index contributed by atoms with van der Waals surface area (Å²) in [5.41, 5.74) is 1.28. The summed E-state index contributed by atoms with van der Waals surface area (Å²) in [5.74, 6) is 0.0825. The lowest BCUT2D eigenvalue weighted by atomic mass is 10.1. The number of rotatable bonds is 4. The van der Waals surface area contributed by atoms with E-state index in [0.29, 0.717) is 51.6 Å². The quantitative estimate of drug-likeness (QED) is 0.472. The van der Waals surface area contributed by atoms with Crippen LogP contribution in [0.4, 0.5) is 0 Å². The third-order valence-corrected chi connectivity index (χ3v) is 6.91. The highest BCUT2D eigenvalue weighted by molar-refractivity contribution is 6.30. The molecule has 10 heteroatoms. The van der Waals surface area contributed by atoms with Crippen LogP contribution >= 0.6 is 11.6 Å². The molecule has 1 N–H and O–H groups in total. The number of benzene rings is 2. The molecule has 4 aromatic rings. The van der Waals surface area contributed by atoms with Gasteiger partial charge in [0.1, 0.15) is 17.5 Å². The molecule has 0 radical (unpaired) electrons. The monoisotopic (exact) mass is 487 g/mol. The molecule has 1 saturated heterocycles. The van der Waals surface area contributed by atoms with Gasteiger partial charge >= 0.3 is 5.69 Å². The number of nitriles is 1. The van der Waals surface area contributed by atoms with E-state index in [1.54, 1.807) is 64.2 Å². The van der Waals surface area contributed by atoms with E-state index in [-0.39, 0.29) is 30.1 Å². The van der Waals surface area contributed by atoms with Crippen LogP contribution in [-0.4, -0.2) is 43.2 Å². The van der Waals surface area contributed by atoms with E-state index in [1.807, 2.05) is 0 Å². The number of aromatic hydroxyl groups is 1. The molecule has 0 spiro atoms. The second-order valence-corrected chi connectivity index (χ2v) is 8.97. The van der Waals surface area contributed by atoms with Gasteiger partial charge in [-0.15, -0.1) is 0 Å². The maximum absolute atomic E-state index is 13.4. The number of imidazole rings is 1. The van der Waals surface area contributed by atoms with Crippen LogP contribution in [0.5, 0.6) is 11.6 Å². The molecule has 35 heavy (non-hydrogen) atoms. The number of aromatic nitrogens is 3. The van der Waals surface area contributed by atoms with Crippen molar-refractivity contribution in [3.63, 3.8) is 0 Å². The highest BCUT2D eigenvalue weighted by Gasteiger charge is 2.49. The third-order valence-electron chi connectivity index (χ3n) is 6.66. The fraction of sp³-hybridized carbons (Fsp3) is 0.200. The molecule has 2 aromatic carbocycles. The maximum Gasteiger partial charge on any atom is 0.336 e. The zero-order valence-electron chi connectivity index (χ0n) is 18.3. The molecule has 2 atom stereocenters. The van der Waals surface area contributed by atoms with Crippen LogP contribution in [0.15, 0.2) is 59.5 Å². The Morgan fingerprint density at radius 1 is 1.23 bits per heavy atom. The van der Waals surface area contributed by atoms with Crippen molar-refractivity contribution in [1.82, 2.24) is 19.0 Å². The van der Waals surface area contributed by atoms with Crippen LogP contribution in [0, 0.1) is 11.3 Å². The fourth-order valence-corrected chi connectivity index (χ4v) is 5.27. The second kappa shape index (κ2) is 7.89. The number of fused-ring (bicyclic) bond motifs is 6. The molecule has 0 aliphatic carbocycles. The third kappa shape index (κ3) is 3.18. The Labute approximate surface area is 204 Å². The number of halogens is 1. The molecular formula is C25H18ClN5O4. The SMILES string of the molecule is N#Cc1ccc(-n2c(O)c3n(c2=O)[C@H]2C[C@@H]3N(C(=O)COc3ccc(Cl)cc3)C2)c2cccnc12. The van der Waals surface area contributed by atoms with Crippen molar-refractivity contribution < 1.29 is 14.6 Å². The van der Waals surface area contributed by atoms with Crippen LogP contribution in [0.2, 0.25) is 5.02 Å². The normalized spacial score (nSPS) is 18.0. The van der Waals surface area contributed by atoms with Gasteiger partial charge in [-0.05, 0) is 55.0 Å². The van der Waals surface area contributed by atoms with Crippen molar-refractivity contribution in [1.29, 1.82) is 5.26 Å². The molecule has 1 amide bonds. The van der Waals surface area contributed by atoms with Gasteiger partial charge in [0.2, 0.25) is 5.88 Å². The first-order valence-corrected chi connectivity index (χ1v) is 11.4. The summed E-state index contributed by atoms with van der Waals surface area (Å²) in [7, 11) is 0. The van der Waals surface area contributed by atoms with Gasteiger partial charge < -0.3 is 14.7 Å². The number of amides is 1. The van der Waals surface area contributed by atoms with Gasteiger partial charge in [0.05, 0.1) is 28.9 Å². The Morgan fingerprint density at radius 2 is 2.03 bits per heavy atom. The molecule has 0 unspecified atom stereocenters. The van der Waals surface area contributed by atoms with Crippen LogP contribution in [0.3, 0.4) is 0 Å². The lowest BCUT2D eigenvalue weighted by Crippen LogP contribution is -2.40. The van der Waals surface area contributed by atoms with Crippen LogP contribution in [0.25, 0.3) is 16.6 Å². The number of pyridine rings is 1. The Bertz CT molecular complexity index is 1600. The maximum atomic E-state index is 13.4. The molecule has 1 fully saturated rings. The van der Waals surface area contributed by atoms with E-state index in [9.17, 15) is 20.0 Å². The standard InChI is InChI=1S/C25H18ClN5O4/c26-15-4-6-17(7-5-15)35-13-21(32)29-12-16-10-20(29)23-24(33)31(25(34)30(16)23)19-8-3-14(11-27)22-18(19)2-1-9-28-22/h1-9,16,20,33H,10,12-13H2/t16-,20-/m0/s1. The summed E-state index contributed by atoms with van der Waals surface area (Å²) in [4.78, 5) is 32.3. The van der Waals surface area contributed by atoms with Crippen molar-refractivity contribution in [2.45, 2.75) is 18.5 Å². The second-order valence-electron chi connectivity index (χ2n) is 8.53. The topological polar surface area (TPSA) is 113 Å². The molecule has 174 valence electrons. The van der Waals surface area contributed by atoms with Gasteiger partial charge in [0.15, 0.2) is 6.61 Å². The summed E-state index contributed by atoms with van der Waals surface area (Å²) in [6.07, 6.45) is 2.13. The number of ether oxygens (including phenoxy) is 1. The van der Waals surface area contributed by atoms with Crippen molar-refractivity contribution in [2.24, 2.45) is 0 Å². The molecule has 6 rings (SSSR count). The van der Waals surface area contributed by atoms with E-state index in [1.165, 1.54) is 4.57 Å². The van der Waals surface area contributed by atoms with E-state index >= 15 is 0 Å². The lowest BCUT2D eigenvalue weighted by Gasteiger charge is -2.27.